The number of urea groups is 1. The monoisotopic (exact) mass is 759 g/mol. The van der Waals surface area contributed by atoms with Gasteiger partial charge in [-0.3, -0.25) is 14.8 Å². The number of ether oxygens (including phenoxy) is 1. The largest absolute Gasteiger partial charge is 0.493 e. The standard InChI is InChI=1S/C35H39Cl2N5O6S2/c1-6-24-22-30(48-7-2)29(23-31(24)50(46,47)39(3)4)34-38-32(25-8-12-27(36)13-9-25)33(26-10-14-28(37)15-11-26)42(34)35(43)41-18-16-40(17-19-41)20-21-49(5,44)45/h1,8-15,22-23,32-33H,7,16-21H2,2-5H3/t32-,33+/m0/s1. The number of rotatable bonds is 10. The number of sulfone groups is 1. The highest BCUT2D eigenvalue weighted by Crippen LogP contribution is 2.46. The molecule has 5 rings (SSSR count). The lowest BCUT2D eigenvalue weighted by atomic mass is 9.93. The zero-order chi connectivity index (χ0) is 36.4. The van der Waals surface area contributed by atoms with Crippen molar-refractivity contribution in [3.8, 4) is 18.1 Å². The molecular weight excluding hydrogens is 721 g/mol. The van der Waals surface area contributed by atoms with Gasteiger partial charge in [-0.25, -0.2) is 25.9 Å². The third kappa shape index (κ3) is 8.12. The van der Waals surface area contributed by atoms with Crippen LogP contribution in [0.3, 0.4) is 0 Å². The fraction of sp³-hybridized carbons (Fsp3) is 0.371. The average molecular weight is 761 g/mol. The Labute approximate surface area is 304 Å². The molecular formula is C35H39Cl2N5O6S2. The van der Waals surface area contributed by atoms with Crippen LogP contribution in [-0.2, 0) is 19.9 Å². The number of aliphatic imine (C=N–C) groups is 1. The Bertz CT molecular complexity index is 2020. The second-order valence-corrected chi connectivity index (χ2v) is 17.5. The zero-order valence-corrected chi connectivity index (χ0v) is 31.4. The van der Waals surface area contributed by atoms with E-state index in [2.05, 4.69) is 5.92 Å². The molecule has 0 bridgehead atoms. The predicted octanol–water partition coefficient (Wildman–Crippen LogP) is 4.95. The Balaban J connectivity index is 1.69. The highest BCUT2D eigenvalue weighted by atomic mass is 35.5. The van der Waals surface area contributed by atoms with E-state index in [-0.39, 0.29) is 46.0 Å². The first-order valence-electron chi connectivity index (χ1n) is 15.9. The number of nitrogens with zero attached hydrogens (tertiary/aromatic N) is 5. The number of hydrogen-bond acceptors (Lipinski definition) is 8. The van der Waals surface area contributed by atoms with Gasteiger partial charge < -0.3 is 9.64 Å². The van der Waals surface area contributed by atoms with Crippen molar-refractivity contribution in [2.45, 2.75) is 23.9 Å². The molecule has 0 aromatic heterocycles. The van der Waals surface area contributed by atoms with Crippen LogP contribution >= 0.6 is 23.2 Å². The maximum atomic E-state index is 14.9. The van der Waals surface area contributed by atoms with E-state index in [1.807, 2.05) is 29.2 Å². The van der Waals surface area contributed by atoms with Gasteiger partial charge in [-0.2, -0.15) is 0 Å². The van der Waals surface area contributed by atoms with Gasteiger partial charge in [-0.05, 0) is 54.4 Å². The van der Waals surface area contributed by atoms with E-state index in [0.29, 0.717) is 42.8 Å². The first-order valence-corrected chi connectivity index (χ1v) is 20.2. The zero-order valence-electron chi connectivity index (χ0n) is 28.2. The highest BCUT2D eigenvalue weighted by Gasteiger charge is 2.45. The number of terminal acetylenes is 1. The maximum Gasteiger partial charge on any atom is 0.326 e. The Kier molecular flexibility index (Phi) is 11.5. The molecule has 1 fully saturated rings. The number of benzene rings is 3. The fourth-order valence-electron chi connectivity index (χ4n) is 6.00. The summed E-state index contributed by atoms with van der Waals surface area (Å²) in [5, 5.41) is 1.05. The van der Waals surface area contributed by atoms with Crippen LogP contribution in [0.1, 0.15) is 41.3 Å². The van der Waals surface area contributed by atoms with Crippen LogP contribution < -0.4 is 4.74 Å². The van der Waals surface area contributed by atoms with E-state index < -0.39 is 31.9 Å². The van der Waals surface area contributed by atoms with E-state index in [0.717, 1.165) is 15.4 Å². The minimum Gasteiger partial charge on any atom is -0.493 e. The molecule has 15 heteroatoms. The molecule has 0 radical (unpaired) electrons. The smallest absolute Gasteiger partial charge is 0.326 e. The molecule has 2 heterocycles. The molecule has 3 aromatic rings. The van der Waals surface area contributed by atoms with Crippen molar-refractivity contribution in [1.82, 2.24) is 19.0 Å². The Morgan fingerprint density at radius 3 is 2.06 bits per heavy atom. The normalized spacial score (nSPS) is 18.6. The molecule has 2 aliphatic rings. The van der Waals surface area contributed by atoms with Gasteiger partial charge in [0.05, 0.1) is 28.9 Å². The number of amidine groups is 1. The molecule has 266 valence electrons. The van der Waals surface area contributed by atoms with Gasteiger partial charge in [0.25, 0.3) is 0 Å². The molecule has 50 heavy (non-hydrogen) atoms. The Morgan fingerprint density at radius 1 is 0.960 bits per heavy atom. The van der Waals surface area contributed by atoms with E-state index in [4.69, 9.17) is 39.4 Å². The summed E-state index contributed by atoms with van der Waals surface area (Å²) in [6.07, 6.45) is 7.02. The summed E-state index contributed by atoms with van der Waals surface area (Å²) in [5.41, 5.74) is 1.90. The third-order valence-electron chi connectivity index (χ3n) is 8.65. The van der Waals surface area contributed by atoms with Crippen molar-refractivity contribution in [3.63, 3.8) is 0 Å². The van der Waals surface area contributed by atoms with E-state index in [9.17, 15) is 21.6 Å². The SMILES string of the molecule is C#Cc1cc(OCC)c(C2=N[C@@H](c3ccc(Cl)cc3)[C@@H](c3ccc(Cl)cc3)N2C(=O)N2CCN(CCS(C)(=O)=O)CC2)cc1S(=O)(=O)N(C)C. The van der Waals surface area contributed by atoms with Crippen LogP contribution in [0.5, 0.6) is 5.75 Å². The first-order chi connectivity index (χ1) is 23.6. The maximum absolute atomic E-state index is 14.9. The lowest BCUT2D eigenvalue weighted by molar-refractivity contribution is 0.122. The second-order valence-electron chi connectivity index (χ2n) is 12.3. The number of piperazine rings is 1. The van der Waals surface area contributed by atoms with Crippen molar-refractivity contribution in [1.29, 1.82) is 0 Å². The molecule has 2 amide bonds. The minimum atomic E-state index is -4.04. The van der Waals surface area contributed by atoms with Crippen molar-refractivity contribution in [2.75, 3.05) is 65.4 Å². The van der Waals surface area contributed by atoms with Gasteiger partial charge in [0.15, 0.2) is 0 Å². The van der Waals surface area contributed by atoms with Crippen LogP contribution in [0.4, 0.5) is 4.79 Å². The quantitative estimate of drug-likeness (QED) is 0.269. The lowest BCUT2D eigenvalue weighted by Gasteiger charge is -2.39. The summed E-state index contributed by atoms with van der Waals surface area (Å²) in [4.78, 5) is 25.2. The highest BCUT2D eigenvalue weighted by molar-refractivity contribution is 7.90. The van der Waals surface area contributed by atoms with E-state index >= 15 is 0 Å². The van der Waals surface area contributed by atoms with Gasteiger partial charge in [0.2, 0.25) is 10.0 Å². The van der Waals surface area contributed by atoms with Crippen LogP contribution in [0.2, 0.25) is 10.0 Å². The molecule has 0 saturated carbocycles. The molecule has 0 spiro atoms. The van der Waals surface area contributed by atoms with Crippen molar-refractivity contribution < 1.29 is 26.4 Å². The van der Waals surface area contributed by atoms with Crippen LogP contribution in [-0.4, -0.2) is 113 Å². The number of hydrogen-bond donors (Lipinski definition) is 0. The fourth-order valence-corrected chi connectivity index (χ4v) is 7.89. The Morgan fingerprint density at radius 2 is 1.54 bits per heavy atom. The molecule has 2 atom stereocenters. The molecule has 2 aliphatic heterocycles. The summed E-state index contributed by atoms with van der Waals surface area (Å²) in [6, 6.07) is 15.6. The Hall–Kier alpha value is -3.64. The number of carbonyl (C=O) groups excluding carboxylic acids is 1. The van der Waals surface area contributed by atoms with Crippen molar-refractivity contribution in [3.05, 3.63) is 93.0 Å². The van der Waals surface area contributed by atoms with Crippen LogP contribution in [0, 0.1) is 12.3 Å². The summed E-state index contributed by atoms with van der Waals surface area (Å²) >= 11 is 12.6. The van der Waals surface area contributed by atoms with Crippen LogP contribution in [0.15, 0.2) is 70.6 Å². The van der Waals surface area contributed by atoms with E-state index in [1.54, 1.807) is 41.0 Å². The van der Waals surface area contributed by atoms with Crippen LogP contribution in [0.25, 0.3) is 0 Å². The first kappa shape index (κ1) is 37.6. The molecule has 0 N–H and O–H groups in total. The molecule has 11 nitrogen and oxygen atoms in total. The summed E-state index contributed by atoms with van der Waals surface area (Å²) in [5.74, 6) is 2.98. The van der Waals surface area contributed by atoms with E-state index in [1.165, 1.54) is 32.5 Å². The van der Waals surface area contributed by atoms with Gasteiger partial charge in [0.1, 0.15) is 27.5 Å². The number of sulfonamides is 1. The predicted molar refractivity (Wildman–Crippen MR) is 196 cm³/mol. The summed E-state index contributed by atoms with van der Waals surface area (Å²) < 4.78 is 57.9. The molecule has 3 aromatic carbocycles. The van der Waals surface area contributed by atoms with Gasteiger partial charge in [-0.1, -0.05) is 53.4 Å². The number of carbonyl (C=O) groups is 1. The topological polar surface area (TPSA) is 120 Å². The molecule has 0 unspecified atom stereocenters. The second kappa shape index (κ2) is 15.3. The van der Waals surface area contributed by atoms with Gasteiger partial charge in [0, 0.05) is 68.7 Å². The number of amides is 2. The van der Waals surface area contributed by atoms with Gasteiger partial charge >= 0.3 is 6.03 Å². The molecule has 1 saturated heterocycles. The minimum absolute atomic E-state index is 0.0251. The average Bonchev–Trinajstić information content (AvgIpc) is 3.47. The summed E-state index contributed by atoms with van der Waals surface area (Å²) in [7, 11) is -4.36. The van der Waals surface area contributed by atoms with Crippen molar-refractivity contribution in [2.24, 2.45) is 4.99 Å². The lowest BCUT2D eigenvalue weighted by Crippen LogP contribution is -2.54. The summed E-state index contributed by atoms with van der Waals surface area (Å²) in [6.45, 7) is 4.00. The number of halogens is 2. The molecule has 0 aliphatic carbocycles. The van der Waals surface area contributed by atoms with Crippen molar-refractivity contribution >= 4 is 54.9 Å². The van der Waals surface area contributed by atoms with Gasteiger partial charge in [-0.15, -0.1) is 6.42 Å². The third-order valence-corrected chi connectivity index (χ3v) is 11.9.